The van der Waals surface area contributed by atoms with Gasteiger partial charge in [0.15, 0.2) is 0 Å². The average Bonchev–Trinajstić information content (AvgIpc) is 3.07. The first-order chi connectivity index (χ1) is 13.0. The van der Waals surface area contributed by atoms with E-state index in [1.807, 2.05) is 0 Å². The van der Waals surface area contributed by atoms with Crippen LogP contribution in [0.1, 0.15) is 43.1 Å². The molecule has 3 heterocycles. The number of amides is 3. The number of carbonyl (C=O) groups excluding carboxylic acids is 3. The lowest BCUT2D eigenvalue weighted by molar-refractivity contribution is -0.227. The maximum absolute atomic E-state index is 12.9. The van der Waals surface area contributed by atoms with Gasteiger partial charge in [0.25, 0.3) is 17.7 Å². The maximum atomic E-state index is 12.9. The number of ether oxygens (including phenoxy) is 1. The summed E-state index contributed by atoms with van der Waals surface area (Å²) in [6, 6.07) is 6.11. The van der Waals surface area contributed by atoms with Gasteiger partial charge in [0.05, 0.1) is 5.56 Å². The third-order valence-corrected chi connectivity index (χ3v) is 5.22. The second kappa shape index (κ2) is 5.15. The lowest BCUT2D eigenvalue weighted by atomic mass is 9.85. The van der Waals surface area contributed by atoms with Crippen molar-refractivity contribution in [3.05, 3.63) is 59.0 Å². The number of carbonyl (C=O) groups is 3. The number of imide groups is 1. The highest BCUT2D eigenvalue weighted by Crippen LogP contribution is 2.45. The van der Waals surface area contributed by atoms with Gasteiger partial charge >= 0.3 is 5.91 Å². The number of rotatable bonds is 3. The average molecular weight is 366 g/mol. The first-order valence-corrected chi connectivity index (χ1v) is 8.47. The van der Waals surface area contributed by atoms with Crippen molar-refractivity contribution in [3.8, 4) is 0 Å². The normalized spacial score (nSPS) is 22.5. The Bertz CT molecular complexity index is 1070. The molecule has 3 aliphatic rings. The minimum absolute atomic E-state index is 0.0995. The van der Waals surface area contributed by atoms with Crippen LogP contribution in [0.3, 0.4) is 0 Å². The molecule has 3 amide bonds. The highest BCUT2D eigenvalue weighted by molar-refractivity contribution is 6.28. The minimum atomic E-state index is -2.00. The number of benzene rings is 2. The lowest BCUT2D eigenvalue weighted by Crippen LogP contribution is -2.48. The van der Waals surface area contributed by atoms with Crippen LogP contribution in [-0.2, 0) is 10.6 Å². The molecule has 5 rings (SSSR count). The van der Waals surface area contributed by atoms with Crippen LogP contribution in [0.4, 0.5) is 0 Å². The van der Waals surface area contributed by atoms with Gasteiger partial charge in [-0.2, -0.15) is 0 Å². The molecule has 0 aliphatic carbocycles. The van der Waals surface area contributed by atoms with Crippen LogP contribution >= 0.6 is 0 Å². The third-order valence-electron chi connectivity index (χ3n) is 5.22. The molecule has 8 heteroatoms. The fraction of sp³-hybridized carbons (Fsp3) is 0.211. The van der Waals surface area contributed by atoms with E-state index in [-0.39, 0.29) is 36.3 Å². The lowest BCUT2D eigenvalue weighted by Gasteiger charge is -2.38. The van der Waals surface area contributed by atoms with Crippen LogP contribution in [0.5, 0.6) is 0 Å². The summed E-state index contributed by atoms with van der Waals surface area (Å²) in [5, 5.41) is 20.7. The summed E-state index contributed by atoms with van der Waals surface area (Å²) in [6.45, 7) is -0.0405. The van der Waals surface area contributed by atoms with Crippen LogP contribution in [0, 0.1) is 0 Å². The highest BCUT2D eigenvalue weighted by atomic mass is 16.7. The van der Waals surface area contributed by atoms with E-state index in [1.165, 1.54) is 36.7 Å². The summed E-state index contributed by atoms with van der Waals surface area (Å²) in [4.78, 5) is 40.7. The summed E-state index contributed by atoms with van der Waals surface area (Å²) < 4.78 is 5.29. The molecule has 2 aromatic carbocycles. The molecule has 1 unspecified atom stereocenters. The van der Waals surface area contributed by atoms with Crippen molar-refractivity contribution in [1.82, 2.24) is 9.80 Å². The summed E-state index contributed by atoms with van der Waals surface area (Å²) in [5.74, 6) is -3.46. The maximum Gasteiger partial charge on any atom is 0.327 e. The van der Waals surface area contributed by atoms with Crippen LogP contribution in [0.2, 0.25) is 0 Å². The molecular weight excluding hydrogens is 352 g/mol. The van der Waals surface area contributed by atoms with Crippen LogP contribution in [-0.4, -0.2) is 50.9 Å². The van der Waals surface area contributed by atoms with E-state index in [0.717, 1.165) is 9.80 Å². The van der Waals surface area contributed by atoms with Crippen molar-refractivity contribution in [1.29, 1.82) is 0 Å². The van der Waals surface area contributed by atoms with E-state index in [4.69, 9.17) is 9.84 Å². The summed E-state index contributed by atoms with van der Waals surface area (Å²) in [6.07, 6.45) is 2.85. The van der Waals surface area contributed by atoms with E-state index < -0.39 is 23.6 Å². The van der Waals surface area contributed by atoms with Gasteiger partial charge in [-0.15, -0.1) is 0 Å². The van der Waals surface area contributed by atoms with Crippen molar-refractivity contribution in [2.45, 2.75) is 12.3 Å². The molecule has 1 atom stereocenters. The van der Waals surface area contributed by atoms with Gasteiger partial charge < -0.3 is 14.9 Å². The summed E-state index contributed by atoms with van der Waals surface area (Å²) in [7, 11) is 0. The smallest absolute Gasteiger partial charge is 0.327 e. The molecule has 136 valence electrons. The van der Waals surface area contributed by atoms with Crippen molar-refractivity contribution in [3.63, 3.8) is 0 Å². The molecule has 3 aliphatic heterocycles. The van der Waals surface area contributed by atoms with Crippen molar-refractivity contribution >= 4 is 28.5 Å². The quantitative estimate of drug-likeness (QED) is 0.781. The van der Waals surface area contributed by atoms with Gasteiger partial charge in [0.2, 0.25) is 0 Å². The Morgan fingerprint density at radius 2 is 1.56 bits per heavy atom. The van der Waals surface area contributed by atoms with Crippen molar-refractivity contribution < 1.29 is 29.3 Å². The van der Waals surface area contributed by atoms with Gasteiger partial charge in [-0.3, -0.25) is 19.3 Å². The molecule has 0 saturated heterocycles. The Kier molecular flexibility index (Phi) is 3.05. The molecule has 0 saturated carbocycles. The predicted molar refractivity (Wildman–Crippen MR) is 91.3 cm³/mol. The fourth-order valence-corrected chi connectivity index (χ4v) is 3.99. The van der Waals surface area contributed by atoms with Gasteiger partial charge in [-0.25, -0.2) is 4.90 Å². The van der Waals surface area contributed by atoms with Crippen LogP contribution in [0.15, 0.2) is 36.7 Å². The zero-order chi connectivity index (χ0) is 18.9. The Balaban J connectivity index is 1.81. The molecule has 0 bridgehead atoms. The Hall–Kier alpha value is -3.23. The predicted octanol–water partition coefficient (Wildman–Crippen LogP) is 0.878. The summed E-state index contributed by atoms with van der Waals surface area (Å²) in [5.41, 5.74) is 1.14. The van der Waals surface area contributed by atoms with Crippen LogP contribution in [0.25, 0.3) is 10.8 Å². The first kappa shape index (κ1) is 16.0. The summed E-state index contributed by atoms with van der Waals surface area (Å²) >= 11 is 0. The molecular formula is C19H14N2O6. The topological polar surface area (TPSA) is 107 Å². The van der Waals surface area contributed by atoms with Gasteiger partial charge in [0.1, 0.15) is 6.26 Å². The number of aliphatic hydroxyl groups is 2. The Labute approximate surface area is 152 Å². The van der Waals surface area contributed by atoms with Gasteiger partial charge in [-0.05, 0) is 30.7 Å². The number of aliphatic hydroxyl groups excluding tert-OH is 1. The van der Waals surface area contributed by atoms with Crippen molar-refractivity contribution in [2.75, 3.05) is 13.2 Å². The molecule has 2 aromatic rings. The van der Waals surface area contributed by atoms with E-state index in [9.17, 15) is 19.5 Å². The number of fused-ring (bicyclic) bond motifs is 2. The van der Waals surface area contributed by atoms with E-state index in [1.54, 1.807) is 0 Å². The van der Waals surface area contributed by atoms with E-state index >= 15 is 0 Å². The van der Waals surface area contributed by atoms with E-state index in [2.05, 4.69) is 0 Å². The van der Waals surface area contributed by atoms with E-state index in [0.29, 0.717) is 16.3 Å². The second-order valence-electron chi connectivity index (χ2n) is 6.60. The fourth-order valence-electron chi connectivity index (χ4n) is 3.99. The molecule has 0 radical (unpaired) electrons. The first-order valence-electron chi connectivity index (χ1n) is 8.47. The number of hydrogen-bond donors (Lipinski definition) is 2. The monoisotopic (exact) mass is 366 g/mol. The SMILES string of the molecule is O=C1c2ccc3c4c(ccc(c24)C(=O)N1CCCO)C1(O)OC=CN1C3=O. The standard InChI is InChI=1S/C19H14N2O6/c22-8-1-6-20-16(23)10-2-3-12-15-13(5-4-11(14(10)15)17(20)24)19(26)21(18(12)25)7-9-27-19/h2-5,7,9,22,26H,1,6,8H2. The highest BCUT2D eigenvalue weighted by Gasteiger charge is 2.50. The molecule has 2 N–H and O–H groups in total. The van der Waals surface area contributed by atoms with Crippen LogP contribution < -0.4 is 0 Å². The molecule has 0 fully saturated rings. The Morgan fingerprint density at radius 3 is 2.22 bits per heavy atom. The third kappa shape index (κ3) is 1.80. The number of nitrogens with zero attached hydrogens (tertiary/aromatic N) is 2. The zero-order valence-corrected chi connectivity index (χ0v) is 14.0. The molecule has 8 nitrogen and oxygen atoms in total. The largest absolute Gasteiger partial charge is 0.447 e. The molecule has 0 aromatic heterocycles. The molecule has 0 spiro atoms. The van der Waals surface area contributed by atoms with Gasteiger partial charge in [-0.1, -0.05) is 0 Å². The second-order valence-corrected chi connectivity index (χ2v) is 6.60. The van der Waals surface area contributed by atoms with Crippen molar-refractivity contribution in [2.24, 2.45) is 0 Å². The Morgan fingerprint density at radius 1 is 0.926 bits per heavy atom. The molecule has 27 heavy (non-hydrogen) atoms. The number of hydrogen-bond acceptors (Lipinski definition) is 6. The zero-order valence-electron chi connectivity index (χ0n) is 14.0. The van der Waals surface area contributed by atoms with Gasteiger partial charge in [0, 0.05) is 46.8 Å². The minimum Gasteiger partial charge on any atom is -0.447 e.